The van der Waals surface area contributed by atoms with Crippen LogP contribution >= 0.6 is 0 Å². The smallest absolute Gasteiger partial charge is 0.222 e. The third kappa shape index (κ3) is 4.97. The van der Waals surface area contributed by atoms with E-state index in [0.29, 0.717) is 6.42 Å². The van der Waals surface area contributed by atoms with Crippen LogP contribution in [0, 0.1) is 5.92 Å². The fourth-order valence-electron chi connectivity index (χ4n) is 2.44. The SMILES string of the molecule is CN(CC1CCCCC1)C(=O)CCCCO. The largest absolute Gasteiger partial charge is 0.396 e. The molecule has 3 heteroatoms. The quantitative estimate of drug-likeness (QED) is 0.707. The summed E-state index contributed by atoms with van der Waals surface area (Å²) >= 11 is 0. The van der Waals surface area contributed by atoms with Gasteiger partial charge in [-0.15, -0.1) is 0 Å². The molecule has 0 bridgehead atoms. The van der Waals surface area contributed by atoms with Gasteiger partial charge in [0, 0.05) is 26.6 Å². The highest BCUT2D eigenvalue weighted by molar-refractivity contribution is 5.75. The number of carbonyl (C=O) groups is 1. The minimum Gasteiger partial charge on any atom is -0.396 e. The van der Waals surface area contributed by atoms with Gasteiger partial charge in [0.1, 0.15) is 0 Å². The molecule has 0 atom stereocenters. The average Bonchev–Trinajstić information content (AvgIpc) is 2.30. The van der Waals surface area contributed by atoms with Crippen molar-refractivity contribution >= 4 is 5.91 Å². The third-order valence-electron chi connectivity index (χ3n) is 3.48. The number of amides is 1. The van der Waals surface area contributed by atoms with Gasteiger partial charge in [-0.2, -0.15) is 0 Å². The Morgan fingerprint density at radius 2 is 1.94 bits per heavy atom. The summed E-state index contributed by atoms with van der Waals surface area (Å²) < 4.78 is 0. The van der Waals surface area contributed by atoms with E-state index in [1.165, 1.54) is 32.1 Å². The second kappa shape index (κ2) is 7.66. The lowest BCUT2D eigenvalue weighted by Crippen LogP contribution is -2.32. The number of rotatable bonds is 6. The van der Waals surface area contributed by atoms with E-state index in [0.717, 1.165) is 25.3 Å². The molecule has 0 saturated heterocycles. The zero-order valence-corrected chi connectivity index (χ0v) is 10.5. The topological polar surface area (TPSA) is 40.5 Å². The van der Waals surface area contributed by atoms with E-state index >= 15 is 0 Å². The number of aliphatic hydroxyl groups is 1. The van der Waals surface area contributed by atoms with E-state index in [2.05, 4.69) is 0 Å². The molecule has 94 valence electrons. The summed E-state index contributed by atoms with van der Waals surface area (Å²) in [7, 11) is 1.91. The van der Waals surface area contributed by atoms with E-state index in [1.807, 2.05) is 11.9 Å². The molecular weight excluding hydrogens is 202 g/mol. The van der Waals surface area contributed by atoms with Crippen LogP contribution in [0.15, 0.2) is 0 Å². The van der Waals surface area contributed by atoms with Crippen molar-refractivity contribution in [3.05, 3.63) is 0 Å². The van der Waals surface area contributed by atoms with Crippen molar-refractivity contribution in [2.75, 3.05) is 20.2 Å². The van der Waals surface area contributed by atoms with E-state index in [1.54, 1.807) is 0 Å². The molecule has 0 radical (unpaired) electrons. The van der Waals surface area contributed by atoms with E-state index in [9.17, 15) is 4.79 Å². The van der Waals surface area contributed by atoms with E-state index in [-0.39, 0.29) is 12.5 Å². The molecule has 1 rings (SSSR count). The van der Waals surface area contributed by atoms with Crippen molar-refractivity contribution in [1.82, 2.24) is 4.90 Å². The monoisotopic (exact) mass is 227 g/mol. The number of hydrogen-bond donors (Lipinski definition) is 1. The lowest BCUT2D eigenvalue weighted by Gasteiger charge is -2.27. The maximum Gasteiger partial charge on any atom is 0.222 e. The van der Waals surface area contributed by atoms with Gasteiger partial charge in [0.05, 0.1) is 0 Å². The molecule has 3 nitrogen and oxygen atoms in total. The molecule has 1 fully saturated rings. The normalized spacial score (nSPS) is 17.4. The van der Waals surface area contributed by atoms with Crippen molar-refractivity contribution < 1.29 is 9.90 Å². The average molecular weight is 227 g/mol. The molecule has 0 aromatic carbocycles. The standard InChI is InChI=1S/C13H25NO2/c1-14(13(16)9-5-6-10-15)11-12-7-3-2-4-8-12/h12,15H,2-11H2,1H3. The molecule has 1 amide bonds. The van der Waals surface area contributed by atoms with Gasteiger partial charge in [0.15, 0.2) is 0 Å². The Balaban J connectivity index is 2.16. The number of unbranched alkanes of at least 4 members (excludes halogenated alkanes) is 1. The van der Waals surface area contributed by atoms with Crippen molar-refractivity contribution in [2.45, 2.75) is 51.4 Å². The summed E-state index contributed by atoms with van der Waals surface area (Å²) in [6.45, 7) is 1.12. The summed E-state index contributed by atoms with van der Waals surface area (Å²) in [5.74, 6) is 0.958. The molecular formula is C13H25NO2. The highest BCUT2D eigenvalue weighted by Gasteiger charge is 2.17. The van der Waals surface area contributed by atoms with Crippen LogP contribution in [-0.4, -0.2) is 36.1 Å². The first kappa shape index (κ1) is 13.5. The second-order valence-corrected chi connectivity index (χ2v) is 4.96. The number of nitrogens with zero attached hydrogens (tertiary/aromatic N) is 1. The lowest BCUT2D eigenvalue weighted by atomic mass is 9.89. The molecule has 16 heavy (non-hydrogen) atoms. The van der Waals surface area contributed by atoms with Gasteiger partial charge in [-0.3, -0.25) is 4.79 Å². The highest BCUT2D eigenvalue weighted by Crippen LogP contribution is 2.24. The lowest BCUT2D eigenvalue weighted by molar-refractivity contribution is -0.130. The van der Waals surface area contributed by atoms with E-state index in [4.69, 9.17) is 5.11 Å². The molecule has 0 spiro atoms. The Morgan fingerprint density at radius 1 is 1.25 bits per heavy atom. The van der Waals surface area contributed by atoms with Gasteiger partial charge >= 0.3 is 0 Å². The van der Waals surface area contributed by atoms with Gasteiger partial charge < -0.3 is 10.0 Å². The fourth-order valence-corrected chi connectivity index (χ4v) is 2.44. The summed E-state index contributed by atoms with van der Waals surface area (Å²) in [6.07, 6.45) is 8.73. The third-order valence-corrected chi connectivity index (χ3v) is 3.48. The molecule has 0 aliphatic heterocycles. The highest BCUT2D eigenvalue weighted by atomic mass is 16.3. The zero-order chi connectivity index (χ0) is 11.8. The number of hydrogen-bond acceptors (Lipinski definition) is 2. The van der Waals surface area contributed by atoms with Crippen LogP contribution in [0.4, 0.5) is 0 Å². The molecule has 0 aromatic rings. The maximum atomic E-state index is 11.7. The Bertz CT molecular complexity index is 200. The Morgan fingerprint density at radius 3 is 2.56 bits per heavy atom. The van der Waals surface area contributed by atoms with Gasteiger partial charge in [0.2, 0.25) is 5.91 Å². The molecule has 1 saturated carbocycles. The van der Waals surface area contributed by atoms with Crippen LogP contribution in [0.5, 0.6) is 0 Å². The van der Waals surface area contributed by atoms with Gasteiger partial charge in [0.25, 0.3) is 0 Å². The van der Waals surface area contributed by atoms with Crippen molar-refractivity contribution in [2.24, 2.45) is 5.92 Å². The summed E-state index contributed by atoms with van der Waals surface area (Å²) in [5, 5.41) is 8.65. The minimum absolute atomic E-state index is 0.194. The fraction of sp³-hybridized carbons (Fsp3) is 0.923. The van der Waals surface area contributed by atoms with Crippen LogP contribution in [0.25, 0.3) is 0 Å². The first-order chi connectivity index (χ1) is 7.74. The Hall–Kier alpha value is -0.570. The predicted octanol–water partition coefficient (Wildman–Crippen LogP) is 2.19. The van der Waals surface area contributed by atoms with Crippen molar-refractivity contribution in [3.8, 4) is 0 Å². The van der Waals surface area contributed by atoms with Gasteiger partial charge in [-0.25, -0.2) is 0 Å². The maximum absolute atomic E-state index is 11.7. The predicted molar refractivity (Wildman–Crippen MR) is 65.1 cm³/mol. The number of carbonyl (C=O) groups excluding carboxylic acids is 1. The van der Waals surface area contributed by atoms with Crippen LogP contribution in [0.1, 0.15) is 51.4 Å². The molecule has 0 heterocycles. The van der Waals surface area contributed by atoms with Gasteiger partial charge in [-0.1, -0.05) is 19.3 Å². The molecule has 1 aliphatic rings. The Kier molecular flexibility index (Phi) is 6.46. The van der Waals surface area contributed by atoms with E-state index < -0.39 is 0 Å². The molecule has 0 unspecified atom stereocenters. The van der Waals surface area contributed by atoms with Crippen LogP contribution in [0.3, 0.4) is 0 Å². The first-order valence-corrected chi connectivity index (χ1v) is 6.59. The van der Waals surface area contributed by atoms with Crippen LogP contribution in [0.2, 0.25) is 0 Å². The first-order valence-electron chi connectivity index (χ1n) is 6.59. The minimum atomic E-state index is 0.194. The zero-order valence-electron chi connectivity index (χ0n) is 10.5. The van der Waals surface area contributed by atoms with Gasteiger partial charge in [-0.05, 0) is 31.6 Å². The molecule has 1 N–H and O–H groups in total. The molecule has 1 aliphatic carbocycles. The molecule has 0 aromatic heterocycles. The van der Waals surface area contributed by atoms with Crippen LogP contribution in [-0.2, 0) is 4.79 Å². The second-order valence-electron chi connectivity index (χ2n) is 4.96. The summed E-state index contributed by atoms with van der Waals surface area (Å²) in [5.41, 5.74) is 0. The Labute approximate surface area is 98.8 Å². The summed E-state index contributed by atoms with van der Waals surface area (Å²) in [6, 6.07) is 0. The van der Waals surface area contributed by atoms with Crippen LogP contribution < -0.4 is 0 Å². The van der Waals surface area contributed by atoms with Crippen molar-refractivity contribution in [3.63, 3.8) is 0 Å². The number of aliphatic hydroxyl groups excluding tert-OH is 1. The summed E-state index contributed by atoms with van der Waals surface area (Å²) in [4.78, 5) is 13.6. The van der Waals surface area contributed by atoms with Crippen molar-refractivity contribution in [1.29, 1.82) is 0 Å².